The van der Waals surface area contributed by atoms with Crippen LogP contribution in [-0.2, 0) is 0 Å². The summed E-state index contributed by atoms with van der Waals surface area (Å²) in [5, 5.41) is 3.66. The molecule has 4 aromatic rings. The summed E-state index contributed by atoms with van der Waals surface area (Å²) in [6.07, 6.45) is 0.985. The van der Waals surface area contributed by atoms with E-state index in [1.54, 1.807) is 0 Å². The molecule has 0 aliphatic carbocycles. The minimum Gasteiger partial charge on any atom is -0.349 e. The molecule has 0 saturated carbocycles. The summed E-state index contributed by atoms with van der Waals surface area (Å²) < 4.78 is 3.45. The van der Waals surface area contributed by atoms with Crippen molar-refractivity contribution in [2.75, 3.05) is 5.32 Å². The van der Waals surface area contributed by atoms with E-state index in [0.29, 0.717) is 0 Å². The zero-order chi connectivity index (χ0) is 17.5. The van der Waals surface area contributed by atoms with E-state index in [1.807, 2.05) is 6.07 Å². The molecular formula is C22H18BrN3. The Morgan fingerprint density at radius 1 is 0.846 bits per heavy atom. The number of nitrogens with zero attached hydrogens (tertiary/aromatic N) is 2. The van der Waals surface area contributed by atoms with Crippen LogP contribution >= 0.6 is 15.9 Å². The molecule has 0 spiro atoms. The molecule has 1 aromatic heterocycles. The number of imidazole rings is 1. The van der Waals surface area contributed by atoms with Crippen LogP contribution in [0.3, 0.4) is 0 Å². The summed E-state index contributed by atoms with van der Waals surface area (Å²) >= 11 is 3.55. The highest BCUT2D eigenvalue weighted by atomic mass is 79.9. The van der Waals surface area contributed by atoms with Crippen LogP contribution in [0.2, 0.25) is 0 Å². The van der Waals surface area contributed by atoms with Crippen molar-refractivity contribution in [1.29, 1.82) is 0 Å². The fourth-order valence-corrected chi connectivity index (χ4v) is 4.14. The first-order chi connectivity index (χ1) is 12.8. The van der Waals surface area contributed by atoms with Gasteiger partial charge in [-0.15, -0.1) is 0 Å². The quantitative estimate of drug-likeness (QED) is 0.448. The molecule has 4 heteroatoms. The van der Waals surface area contributed by atoms with Crippen LogP contribution in [0.4, 0.5) is 5.95 Å². The first-order valence-electron chi connectivity index (χ1n) is 8.83. The summed E-state index contributed by atoms with van der Waals surface area (Å²) in [4.78, 5) is 4.86. The Labute approximate surface area is 160 Å². The number of benzene rings is 3. The highest BCUT2D eigenvalue weighted by molar-refractivity contribution is 9.10. The van der Waals surface area contributed by atoms with Crippen LogP contribution in [0.1, 0.15) is 29.6 Å². The molecule has 0 bridgehead atoms. The topological polar surface area (TPSA) is 29.9 Å². The van der Waals surface area contributed by atoms with Gasteiger partial charge in [0.1, 0.15) is 0 Å². The van der Waals surface area contributed by atoms with E-state index in [0.717, 1.165) is 22.4 Å². The SMILES string of the molecule is Brc1ccc([C@@H]2C[C@H](c3ccccc3)Nc3nc4ccccc4n32)cc1. The number of aromatic nitrogens is 2. The Kier molecular flexibility index (Phi) is 3.79. The fraction of sp³-hybridized carbons (Fsp3) is 0.136. The molecule has 1 aliphatic heterocycles. The van der Waals surface area contributed by atoms with Gasteiger partial charge >= 0.3 is 0 Å². The summed E-state index contributed by atoms with van der Waals surface area (Å²) in [5.74, 6) is 0.944. The molecule has 0 fully saturated rings. The standard InChI is InChI=1S/C22H18BrN3/c23-17-12-10-16(11-13-17)21-14-19(15-6-2-1-3-7-15)25-22-24-18-8-4-5-9-20(18)26(21)22/h1-13,19,21H,14H2,(H,24,25)/t19-,21+/m1/s1. The Bertz CT molecular complexity index is 1050. The molecule has 26 heavy (non-hydrogen) atoms. The Morgan fingerprint density at radius 2 is 1.58 bits per heavy atom. The molecule has 2 heterocycles. The van der Waals surface area contributed by atoms with Crippen molar-refractivity contribution in [2.45, 2.75) is 18.5 Å². The number of hydrogen-bond acceptors (Lipinski definition) is 2. The van der Waals surface area contributed by atoms with E-state index in [-0.39, 0.29) is 12.1 Å². The van der Waals surface area contributed by atoms with Crippen molar-refractivity contribution in [1.82, 2.24) is 9.55 Å². The van der Waals surface area contributed by atoms with Crippen LogP contribution < -0.4 is 5.32 Å². The number of halogens is 1. The molecular weight excluding hydrogens is 386 g/mol. The lowest BCUT2D eigenvalue weighted by molar-refractivity contribution is 0.477. The first kappa shape index (κ1) is 15.6. The van der Waals surface area contributed by atoms with Gasteiger partial charge in [-0.2, -0.15) is 0 Å². The number of nitrogens with one attached hydrogen (secondary N) is 1. The van der Waals surface area contributed by atoms with Crippen molar-refractivity contribution >= 4 is 32.9 Å². The maximum atomic E-state index is 4.86. The lowest BCUT2D eigenvalue weighted by atomic mass is 9.93. The smallest absolute Gasteiger partial charge is 0.204 e. The van der Waals surface area contributed by atoms with E-state index >= 15 is 0 Å². The van der Waals surface area contributed by atoms with E-state index in [2.05, 4.69) is 98.6 Å². The van der Waals surface area contributed by atoms with E-state index < -0.39 is 0 Å². The minimum atomic E-state index is 0.245. The number of anilines is 1. The van der Waals surface area contributed by atoms with Gasteiger partial charge in [0.25, 0.3) is 0 Å². The molecule has 3 nitrogen and oxygen atoms in total. The third kappa shape index (κ3) is 2.61. The fourth-order valence-electron chi connectivity index (χ4n) is 3.88. The second-order valence-electron chi connectivity index (χ2n) is 6.70. The predicted octanol–water partition coefficient (Wildman–Crippen LogP) is 5.95. The van der Waals surface area contributed by atoms with Gasteiger partial charge in [-0.05, 0) is 41.8 Å². The molecule has 0 amide bonds. The maximum absolute atomic E-state index is 4.86. The third-order valence-electron chi connectivity index (χ3n) is 5.13. The number of hydrogen-bond donors (Lipinski definition) is 1. The second kappa shape index (κ2) is 6.29. The van der Waals surface area contributed by atoms with Gasteiger partial charge < -0.3 is 9.88 Å². The molecule has 0 saturated heterocycles. The van der Waals surface area contributed by atoms with Gasteiger partial charge in [0, 0.05) is 4.47 Å². The van der Waals surface area contributed by atoms with Gasteiger partial charge in [-0.3, -0.25) is 0 Å². The van der Waals surface area contributed by atoms with Crippen molar-refractivity contribution in [3.05, 3.63) is 94.5 Å². The van der Waals surface area contributed by atoms with Crippen LogP contribution in [0.5, 0.6) is 0 Å². The van der Waals surface area contributed by atoms with Crippen molar-refractivity contribution in [2.24, 2.45) is 0 Å². The highest BCUT2D eigenvalue weighted by Crippen LogP contribution is 2.41. The summed E-state index contributed by atoms with van der Waals surface area (Å²) in [7, 11) is 0. The van der Waals surface area contributed by atoms with Gasteiger partial charge in [-0.25, -0.2) is 4.98 Å². The van der Waals surface area contributed by atoms with E-state index in [4.69, 9.17) is 4.98 Å². The zero-order valence-electron chi connectivity index (χ0n) is 14.1. The third-order valence-corrected chi connectivity index (χ3v) is 5.66. The van der Waals surface area contributed by atoms with Crippen molar-refractivity contribution in [3.8, 4) is 0 Å². The molecule has 0 radical (unpaired) electrons. The molecule has 1 aliphatic rings. The summed E-state index contributed by atoms with van der Waals surface area (Å²) in [6, 6.07) is 28.2. The average Bonchev–Trinajstić information content (AvgIpc) is 3.07. The second-order valence-corrected chi connectivity index (χ2v) is 7.62. The van der Waals surface area contributed by atoms with E-state index in [1.165, 1.54) is 16.6 Å². The molecule has 3 aromatic carbocycles. The number of fused-ring (bicyclic) bond motifs is 3. The van der Waals surface area contributed by atoms with E-state index in [9.17, 15) is 0 Å². The molecule has 2 atom stereocenters. The first-order valence-corrected chi connectivity index (χ1v) is 9.63. The van der Waals surface area contributed by atoms with Crippen molar-refractivity contribution in [3.63, 3.8) is 0 Å². The van der Waals surface area contributed by atoms with Crippen LogP contribution in [0.25, 0.3) is 11.0 Å². The molecule has 0 unspecified atom stereocenters. The zero-order valence-corrected chi connectivity index (χ0v) is 15.7. The number of para-hydroxylation sites is 2. The monoisotopic (exact) mass is 403 g/mol. The number of rotatable bonds is 2. The normalized spacial score (nSPS) is 19.1. The maximum Gasteiger partial charge on any atom is 0.204 e. The lowest BCUT2D eigenvalue weighted by Gasteiger charge is -2.33. The van der Waals surface area contributed by atoms with Gasteiger partial charge in [0.2, 0.25) is 5.95 Å². The van der Waals surface area contributed by atoms with Gasteiger partial charge in [0.05, 0.1) is 23.1 Å². The molecule has 128 valence electrons. The van der Waals surface area contributed by atoms with Gasteiger partial charge in [0.15, 0.2) is 0 Å². The summed E-state index contributed by atoms with van der Waals surface area (Å²) in [6.45, 7) is 0. The van der Waals surface area contributed by atoms with Crippen LogP contribution in [0, 0.1) is 0 Å². The highest BCUT2D eigenvalue weighted by Gasteiger charge is 2.30. The van der Waals surface area contributed by atoms with Crippen molar-refractivity contribution < 1.29 is 0 Å². The minimum absolute atomic E-state index is 0.245. The molecule has 5 rings (SSSR count). The largest absolute Gasteiger partial charge is 0.349 e. The average molecular weight is 404 g/mol. The Morgan fingerprint density at radius 3 is 2.38 bits per heavy atom. The van der Waals surface area contributed by atoms with Crippen LogP contribution in [0.15, 0.2) is 83.3 Å². The van der Waals surface area contributed by atoms with Gasteiger partial charge in [-0.1, -0.05) is 70.5 Å². The Balaban J connectivity index is 1.67. The lowest BCUT2D eigenvalue weighted by Crippen LogP contribution is -2.27. The Hall–Kier alpha value is -2.59. The predicted molar refractivity (Wildman–Crippen MR) is 109 cm³/mol. The molecule has 1 N–H and O–H groups in total. The summed E-state index contributed by atoms with van der Waals surface area (Å²) in [5.41, 5.74) is 4.81. The van der Waals surface area contributed by atoms with Crippen LogP contribution in [-0.4, -0.2) is 9.55 Å².